The molecule has 0 bridgehead atoms. The zero-order chi connectivity index (χ0) is 12.3. The maximum absolute atomic E-state index is 9.18. The molecule has 0 amide bonds. The minimum absolute atomic E-state index is 0.0147. The van der Waals surface area contributed by atoms with E-state index in [2.05, 4.69) is 15.0 Å². The monoisotopic (exact) mass is 237 g/mol. The molecule has 1 atom stereocenters. The number of anilines is 1. The Balaban J connectivity index is 2.27. The van der Waals surface area contributed by atoms with Crippen LogP contribution in [0.15, 0.2) is 12.7 Å². The van der Waals surface area contributed by atoms with Gasteiger partial charge in [0.05, 0.1) is 6.33 Å². The summed E-state index contributed by atoms with van der Waals surface area (Å²) in [5.41, 5.74) is 6.89. The molecule has 0 fully saturated rings. The van der Waals surface area contributed by atoms with Crippen molar-refractivity contribution in [3.8, 4) is 0 Å². The van der Waals surface area contributed by atoms with Gasteiger partial charge in [-0.1, -0.05) is 0 Å². The Kier molecular flexibility index (Phi) is 3.50. The molecule has 2 aromatic rings. The van der Waals surface area contributed by atoms with E-state index in [1.807, 2.05) is 4.57 Å². The van der Waals surface area contributed by atoms with E-state index in [1.54, 1.807) is 6.33 Å². The zero-order valence-electron chi connectivity index (χ0n) is 9.32. The van der Waals surface area contributed by atoms with Crippen molar-refractivity contribution in [1.82, 2.24) is 19.5 Å². The first-order chi connectivity index (χ1) is 8.26. The fourth-order valence-corrected chi connectivity index (χ4v) is 1.73. The molecule has 7 heteroatoms. The lowest BCUT2D eigenvalue weighted by atomic mass is 10.1. The van der Waals surface area contributed by atoms with Crippen molar-refractivity contribution in [3.05, 3.63) is 12.7 Å². The van der Waals surface area contributed by atoms with Gasteiger partial charge in [0.25, 0.3) is 0 Å². The maximum Gasteiger partial charge on any atom is 0.165 e. The fourth-order valence-electron chi connectivity index (χ4n) is 1.73. The maximum atomic E-state index is 9.18. The summed E-state index contributed by atoms with van der Waals surface area (Å²) in [5, 5.41) is 18.1. The Bertz CT molecular complexity index is 498. The van der Waals surface area contributed by atoms with E-state index in [0.717, 1.165) is 0 Å². The van der Waals surface area contributed by atoms with Crippen molar-refractivity contribution >= 4 is 17.0 Å². The highest BCUT2D eigenvalue weighted by molar-refractivity contribution is 5.81. The summed E-state index contributed by atoms with van der Waals surface area (Å²) in [6, 6.07) is 0. The highest BCUT2D eigenvalue weighted by Gasteiger charge is 2.12. The summed E-state index contributed by atoms with van der Waals surface area (Å²) in [4.78, 5) is 12.1. The van der Waals surface area contributed by atoms with Gasteiger partial charge in [0.2, 0.25) is 0 Å². The quantitative estimate of drug-likeness (QED) is 0.640. The Hall–Kier alpha value is -1.73. The molecule has 4 N–H and O–H groups in total. The van der Waals surface area contributed by atoms with Crippen LogP contribution in [0, 0.1) is 5.92 Å². The molecule has 0 aliphatic heterocycles. The van der Waals surface area contributed by atoms with Gasteiger partial charge in [0, 0.05) is 25.7 Å². The minimum Gasteiger partial charge on any atom is -0.396 e. The van der Waals surface area contributed by atoms with Crippen LogP contribution in [0.4, 0.5) is 5.82 Å². The second kappa shape index (κ2) is 5.07. The third-order valence-corrected chi connectivity index (χ3v) is 2.68. The molecule has 0 radical (unpaired) electrons. The predicted octanol–water partition coefficient (Wildman–Crippen LogP) is -0.601. The average molecular weight is 237 g/mol. The van der Waals surface area contributed by atoms with Gasteiger partial charge >= 0.3 is 0 Å². The standard InChI is InChI=1S/C10H15N5O2/c11-9-8-10(13-5-12-9)15(6-14-8)3-7(4-17)1-2-16/h5-7,16-17H,1-4H2,(H2,11,12,13). The SMILES string of the molecule is Nc1ncnc2c1ncn2CC(CO)CCO. The first-order valence-electron chi connectivity index (χ1n) is 5.39. The number of aliphatic hydroxyl groups is 2. The summed E-state index contributed by atoms with van der Waals surface area (Å²) >= 11 is 0. The van der Waals surface area contributed by atoms with E-state index in [4.69, 9.17) is 10.8 Å². The van der Waals surface area contributed by atoms with Gasteiger partial charge in [-0.15, -0.1) is 0 Å². The van der Waals surface area contributed by atoms with Crippen LogP contribution in [-0.4, -0.2) is 42.9 Å². The largest absolute Gasteiger partial charge is 0.396 e. The second-order valence-corrected chi connectivity index (χ2v) is 3.89. The molecule has 0 aliphatic carbocycles. The number of rotatable bonds is 5. The lowest BCUT2D eigenvalue weighted by Gasteiger charge is -2.13. The number of nitrogen functional groups attached to an aromatic ring is 1. The van der Waals surface area contributed by atoms with Crippen LogP contribution in [0.25, 0.3) is 11.2 Å². The lowest BCUT2D eigenvalue weighted by molar-refractivity contribution is 0.171. The molecule has 0 saturated carbocycles. The number of hydrogen-bond donors (Lipinski definition) is 3. The molecule has 92 valence electrons. The number of nitrogens with zero attached hydrogens (tertiary/aromatic N) is 4. The Morgan fingerprint density at radius 1 is 1.29 bits per heavy atom. The van der Waals surface area contributed by atoms with Crippen LogP contribution in [0.5, 0.6) is 0 Å². The molecule has 1 unspecified atom stereocenters. The van der Waals surface area contributed by atoms with Crippen molar-refractivity contribution in [2.24, 2.45) is 5.92 Å². The molecule has 2 heterocycles. The van der Waals surface area contributed by atoms with Crippen molar-refractivity contribution in [3.63, 3.8) is 0 Å². The highest BCUT2D eigenvalue weighted by atomic mass is 16.3. The molecule has 0 aliphatic rings. The molecular formula is C10H15N5O2. The van der Waals surface area contributed by atoms with Crippen LogP contribution in [0.2, 0.25) is 0 Å². The van der Waals surface area contributed by atoms with E-state index < -0.39 is 0 Å². The number of aliphatic hydroxyl groups excluding tert-OH is 2. The number of fused-ring (bicyclic) bond motifs is 1. The molecular weight excluding hydrogens is 222 g/mol. The lowest BCUT2D eigenvalue weighted by Crippen LogP contribution is -2.16. The van der Waals surface area contributed by atoms with Crippen molar-refractivity contribution in [2.75, 3.05) is 18.9 Å². The van der Waals surface area contributed by atoms with Crippen LogP contribution in [-0.2, 0) is 6.54 Å². The van der Waals surface area contributed by atoms with Gasteiger partial charge in [0.15, 0.2) is 11.5 Å². The molecule has 0 saturated heterocycles. The summed E-state index contributed by atoms with van der Waals surface area (Å²) in [7, 11) is 0. The highest BCUT2D eigenvalue weighted by Crippen LogP contribution is 2.16. The van der Waals surface area contributed by atoms with E-state index in [-0.39, 0.29) is 19.1 Å². The van der Waals surface area contributed by atoms with Crippen molar-refractivity contribution < 1.29 is 10.2 Å². The van der Waals surface area contributed by atoms with Gasteiger partial charge in [-0.05, 0) is 6.42 Å². The minimum atomic E-state index is -0.0198. The Morgan fingerprint density at radius 2 is 2.12 bits per heavy atom. The van der Waals surface area contributed by atoms with E-state index in [0.29, 0.717) is 29.9 Å². The molecule has 0 spiro atoms. The number of imidazole rings is 1. The van der Waals surface area contributed by atoms with Crippen LogP contribution < -0.4 is 5.73 Å². The average Bonchev–Trinajstić information content (AvgIpc) is 2.73. The first-order valence-corrected chi connectivity index (χ1v) is 5.39. The Labute approximate surface area is 97.9 Å². The smallest absolute Gasteiger partial charge is 0.165 e. The molecule has 17 heavy (non-hydrogen) atoms. The normalized spacial score (nSPS) is 13.1. The van der Waals surface area contributed by atoms with Gasteiger partial charge in [-0.25, -0.2) is 15.0 Å². The van der Waals surface area contributed by atoms with Crippen LogP contribution in [0.1, 0.15) is 6.42 Å². The number of hydrogen-bond acceptors (Lipinski definition) is 6. The van der Waals surface area contributed by atoms with Gasteiger partial charge < -0.3 is 20.5 Å². The van der Waals surface area contributed by atoms with Crippen LogP contribution >= 0.6 is 0 Å². The zero-order valence-corrected chi connectivity index (χ0v) is 9.32. The molecule has 7 nitrogen and oxygen atoms in total. The van der Waals surface area contributed by atoms with E-state index in [1.165, 1.54) is 6.33 Å². The summed E-state index contributed by atoms with van der Waals surface area (Å²) in [6.45, 7) is 0.611. The third kappa shape index (κ3) is 2.34. The van der Waals surface area contributed by atoms with Gasteiger partial charge in [-0.2, -0.15) is 0 Å². The van der Waals surface area contributed by atoms with Crippen molar-refractivity contribution in [1.29, 1.82) is 0 Å². The number of aromatic nitrogens is 4. The second-order valence-electron chi connectivity index (χ2n) is 3.89. The predicted molar refractivity (Wildman–Crippen MR) is 62.0 cm³/mol. The van der Waals surface area contributed by atoms with Gasteiger partial charge in [0.1, 0.15) is 11.8 Å². The summed E-state index contributed by atoms with van der Waals surface area (Å²) in [5.74, 6) is 0.324. The van der Waals surface area contributed by atoms with E-state index in [9.17, 15) is 5.11 Å². The third-order valence-electron chi connectivity index (χ3n) is 2.68. The fraction of sp³-hybridized carbons (Fsp3) is 0.500. The topological polar surface area (TPSA) is 110 Å². The van der Waals surface area contributed by atoms with E-state index >= 15 is 0 Å². The molecule has 2 aromatic heterocycles. The first kappa shape index (κ1) is 11.7. The van der Waals surface area contributed by atoms with Crippen molar-refractivity contribution in [2.45, 2.75) is 13.0 Å². The van der Waals surface area contributed by atoms with Crippen LogP contribution in [0.3, 0.4) is 0 Å². The number of nitrogens with two attached hydrogens (primary N) is 1. The summed E-state index contributed by atoms with van der Waals surface area (Å²) < 4.78 is 1.81. The molecule has 2 rings (SSSR count). The van der Waals surface area contributed by atoms with Gasteiger partial charge in [-0.3, -0.25) is 0 Å². The summed E-state index contributed by atoms with van der Waals surface area (Å²) in [6.07, 6.45) is 3.54. The Morgan fingerprint density at radius 3 is 2.82 bits per heavy atom. The molecule has 0 aromatic carbocycles.